The molecule has 1 fully saturated rings. The van der Waals surface area contributed by atoms with E-state index in [1.807, 2.05) is 18.2 Å². The molecular formula is C30H31BN2O2. The van der Waals surface area contributed by atoms with Gasteiger partial charge in [-0.1, -0.05) is 54.6 Å². The van der Waals surface area contributed by atoms with Crippen molar-refractivity contribution < 1.29 is 9.31 Å². The summed E-state index contributed by atoms with van der Waals surface area (Å²) < 4.78 is 12.7. The molecule has 0 spiro atoms. The fraction of sp³-hybridized carbons (Fsp3) is 0.300. The summed E-state index contributed by atoms with van der Waals surface area (Å²) in [5.74, 6) is 0. The number of rotatable bonds is 5. The van der Waals surface area contributed by atoms with E-state index in [-0.39, 0.29) is 0 Å². The van der Waals surface area contributed by atoms with E-state index >= 15 is 0 Å². The third kappa shape index (κ3) is 4.34. The van der Waals surface area contributed by atoms with Gasteiger partial charge in [0.15, 0.2) is 0 Å². The molecule has 1 aliphatic rings. The maximum atomic E-state index is 9.56. The molecule has 176 valence electrons. The van der Waals surface area contributed by atoms with Crippen LogP contribution in [0, 0.1) is 11.3 Å². The van der Waals surface area contributed by atoms with Gasteiger partial charge in [-0.3, -0.25) is 4.90 Å². The second-order valence-electron chi connectivity index (χ2n) is 10.6. The molecule has 1 heterocycles. The average molecular weight is 462 g/mol. The summed E-state index contributed by atoms with van der Waals surface area (Å²) in [6.07, 6.45) is 0. The van der Waals surface area contributed by atoms with Crippen LogP contribution in [0.5, 0.6) is 0 Å². The maximum Gasteiger partial charge on any atom is 0.495 e. The first-order chi connectivity index (χ1) is 16.7. The molecule has 0 radical (unpaired) electrons. The van der Waals surface area contributed by atoms with Gasteiger partial charge in [0.2, 0.25) is 0 Å². The van der Waals surface area contributed by atoms with Crippen molar-refractivity contribution in [3.63, 3.8) is 0 Å². The topological polar surface area (TPSA) is 45.5 Å². The minimum atomic E-state index is -0.463. The third-order valence-electron chi connectivity index (χ3n) is 7.53. The van der Waals surface area contributed by atoms with Crippen LogP contribution in [0.4, 0.5) is 0 Å². The Hall–Kier alpha value is -3.17. The van der Waals surface area contributed by atoms with E-state index in [1.54, 1.807) is 0 Å². The van der Waals surface area contributed by atoms with Gasteiger partial charge >= 0.3 is 7.12 Å². The van der Waals surface area contributed by atoms with E-state index in [9.17, 15) is 5.26 Å². The van der Waals surface area contributed by atoms with Crippen LogP contribution < -0.4 is 5.46 Å². The minimum Gasteiger partial charge on any atom is -0.399 e. The van der Waals surface area contributed by atoms with Crippen LogP contribution in [0.3, 0.4) is 0 Å². The van der Waals surface area contributed by atoms with E-state index < -0.39 is 18.3 Å². The normalized spacial score (nSPS) is 16.8. The lowest BCUT2D eigenvalue weighted by Gasteiger charge is -2.32. The number of hydrogen-bond donors (Lipinski definition) is 0. The molecule has 5 rings (SSSR count). The molecule has 0 saturated carbocycles. The summed E-state index contributed by atoms with van der Waals surface area (Å²) >= 11 is 0. The van der Waals surface area contributed by atoms with Crippen molar-refractivity contribution in [3.8, 4) is 6.07 Å². The predicted molar refractivity (Wildman–Crippen MR) is 143 cm³/mol. The fourth-order valence-corrected chi connectivity index (χ4v) is 4.91. The third-order valence-corrected chi connectivity index (χ3v) is 7.53. The smallest absolute Gasteiger partial charge is 0.399 e. The highest BCUT2D eigenvalue weighted by atomic mass is 16.7. The van der Waals surface area contributed by atoms with Gasteiger partial charge in [-0.2, -0.15) is 5.26 Å². The van der Waals surface area contributed by atoms with Crippen molar-refractivity contribution in [2.24, 2.45) is 0 Å². The van der Waals surface area contributed by atoms with E-state index in [0.29, 0.717) is 12.1 Å². The lowest BCUT2D eigenvalue weighted by Crippen LogP contribution is -2.41. The van der Waals surface area contributed by atoms with Gasteiger partial charge in [0.1, 0.15) is 0 Å². The summed E-state index contributed by atoms with van der Waals surface area (Å²) in [5.41, 5.74) is 3.15. The van der Waals surface area contributed by atoms with Crippen LogP contribution >= 0.6 is 0 Å². The number of fused-ring (bicyclic) bond motifs is 2. The Kier molecular flexibility index (Phi) is 5.93. The number of nitriles is 1. The standard InChI is InChI=1S/C30H31BN2O2/c1-29(2)30(3,4)35-31(34-29)28-15-14-21(18-32)16-24(28)19-33(5)20-27-25-12-8-6-10-22(25)17-23-11-7-9-13-26(23)27/h6-17H,19-20H2,1-5H3. The Bertz CT molecular complexity index is 1380. The Balaban J connectivity index is 1.50. The first-order valence-corrected chi connectivity index (χ1v) is 12.1. The molecule has 0 atom stereocenters. The largest absolute Gasteiger partial charge is 0.495 e. The number of benzene rings is 4. The van der Waals surface area contributed by atoms with Crippen LogP contribution in [0.1, 0.15) is 44.4 Å². The van der Waals surface area contributed by atoms with Gasteiger partial charge in [0.05, 0.1) is 22.8 Å². The number of hydrogen-bond acceptors (Lipinski definition) is 4. The number of nitrogens with zero attached hydrogens (tertiary/aromatic N) is 2. The van der Waals surface area contributed by atoms with Crippen LogP contribution in [-0.2, 0) is 22.4 Å². The molecule has 4 aromatic rings. The molecule has 4 aromatic carbocycles. The Labute approximate surface area is 208 Å². The summed E-state index contributed by atoms with van der Waals surface area (Å²) in [5, 5.41) is 14.6. The van der Waals surface area contributed by atoms with Crippen molar-refractivity contribution in [1.29, 1.82) is 5.26 Å². The first-order valence-electron chi connectivity index (χ1n) is 12.1. The fourth-order valence-electron chi connectivity index (χ4n) is 4.91. The maximum absolute atomic E-state index is 9.56. The van der Waals surface area contributed by atoms with Crippen molar-refractivity contribution in [3.05, 3.63) is 89.5 Å². The molecule has 1 aliphatic heterocycles. The van der Waals surface area contributed by atoms with Gasteiger partial charge in [-0.25, -0.2) is 0 Å². The van der Waals surface area contributed by atoms with Crippen molar-refractivity contribution in [2.45, 2.75) is 52.0 Å². The Morgan fingerprint density at radius 3 is 1.94 bits per heavy atom. The van der Waals surface area contributed by atoms with E-state index in [4.69, 9.17) is 9.31 Å². The zero-order chi connectivity index (χ0) is 24.8. The highest BCUT2D eigenvalue weighted by Crippen LogP contribution is 2.37. The van der Waals surface area contributed by atoms with Gasteiger partial charge in [-0.15, -0.1) is 0 Å². The molecule has 0 amide bonds. The molecule has 4 nitrogen and oxygen atoms in total. The molecule has 0 aliphatic carbocycles. The van der Waals surface area contributed by atoms with Gasteiger partial charge < -0.3 is 9.31 Å². The highest BCUT2D eigenvalue weighted by Gasteiger charge is 2.52. The van der Waals surface area contributed by atoms with Crippen LogP contribution in [0.15, 0.2) is 72.8 Å². The summed E-state index contributed by atoms with van der Waals surface area (Å²) in [6, 6.07) is 27.5. The quantitative estimate of drug-likeness (QED) is 0.278. The van der Waals surface area contributed by atoms with Gasteiger partial charge in [-0.05, 0) is 91.1 Å². The van der Waals surface area contributed by atoms with E-state index in [2.05, 4.69) is 100 Å². The molecule has 0 unspecified atom stereocenters. The summed E-state index contributed by atoms with van der Waals surface area (Å²) in [7, 11) is 1.67. The second-order valence-corrected chi connectivity index (χ2v) is 10.6. The van der Waals surface area contributed by atoms with E-state index in [1.165, 1.54) is 27.1 Å². The SMILES string of the molecule is CN(Cc1cc(C#N)ccc1B1OC(C)(C)C(C)(C)O1)Cc1c2ccccc2cc2ccccc12. The van der Waals surface area contributed by atoms with Crippen molar-refractivity contribution in [1.82, 2.24) is 4.90 Å². The van der Waals surface area contributed by atoms with Crippen LogP contribution in [-0.4, -0.2) is 30.3 Å². The van der Waals surface area contributed by atoms with Gasteiger partial charge in [0, 0.05) is 13.1 Å². The first kappa shape index (κ1) is 23.6. The van der Waals surface area contributed by atoms with Crippen LogP contribution in [0.25, 0.3) is 21.5 Å². The van der Waals surface area contributed by atoms with Gasteiger partial charge in [0.25, 0.3) is 0 Å². The molecule has 0 aromatic heterocycles. The lowest BCUT2D eigenvalue weighted by atomic mass is 9.75. The zero-order valence-electron chi connectivity index (χ0n) is 21.1. The molecule has 1 saturated heterocycles. The van der Waals surface area contributed by atoms with Crippen molar-refractivity contribution >= 4 is 34.1 Å². The monoisotopic (exact) mass is 462 g/mol. The Morgan fingerprint density at radius 1 is 0.800 bits per heavy atom. The van der Waals surface area contributed by atoms with Crippen molar-refractivity contribution in [2.75, 3.05) is 7.05 Å². The molecule has 0 bridgehead atoms. The zero-order valence-corrected chi connectivity index (χ0v) is 21.1. The second kappa shape index (κ2) is 8.80. The highest BCUT2D eigenvalue weighted by molar-refractivity contribution is 6.62. The summed E-state index contributed by atoms with van der Waals surface area (Å²) in [4.78, 5) is 2.30. The molecule has 35 heavy (non-hydrogen) atoms. The lowest BCUT2D eigenvalue weighted by molar-refractivity contribution is 0.00578. The van der Waals surface area contributed by atoms with E-state index in [0.717, 1.165) is 17.6 Å². The Morgan fingerprint density at radius 2 is 1.37 bits per heavy atom. The summed E-state index contributed by atoms with van der Waals surface area (Å²) in [6.45, 7) is 9.71. The molecular weight excluding hydrogens is 431 g/mol. The predicted octanol–water partition coefficient (Wildman–Crippen LogP) is 5.80. The molecule has 0 N–H and O–H groups in total. The molecule has 5 heteroatoms. The average Bonchev–Trinajstić information content (AvgIpc) is 3.05. The minimum absolute atomic E-state index is 0.420. The van der Waals surface area contributed by atoms with Crippen LogP contribution in [0.2, 0.25) is 0 Å².